The van der Waals surface area contributed by atoms with E-state index in [2.05, 4.69) is 15.5 Å². The largest absolute Gasteiger partial charge is 0.322 e. The van der Waals surface area contributed by atoms with Crippen molar-refractivity contribution in [2.45, 2.75) is 24.5 Å². The van der Waals surface area contributed by atoms with Crippen LogP contribution in [0.5, 0.6) is 0 Å². The second-order valence-corrected chi connectivity index (χ2v) is 9.51. The molecule has 174 valence electrons. The summed E-state index contributed by atoms with van der Waals surface area (Å²) in [4.78, 5) is 32.4. The number of carbonyl (C=O) groups excluding carboxylic acids is 2. The van der Waals surface area contributed by atoms with Crippen molar-refractivity contribution in [2.24, 2.45) is 0 Å². The summed E-state index contributed by atoms with van der Waals surface area (Å²) in [5.74, 6) is -0.378. The highest BCUT2D eigenvalue weighted by molar-refractivity contribution is 7.99. The number of anilines is 2. The lowest BCUT2D eigenvalue weighted by atomic mass is 9.96. The topological polar surface area (TPSA) is 88.1 Å². The summed E-state index contributed by atoms with van der Waals surface area (Å²) in [7, 11) is 0. The van der Waals surface area contributed by atoms with Crippen molar-refractivity contribution in [3.05, 3.63) is 84.9 Å². The van der Waals surface area contributed by atoms with Gasteiger partial charge < -0.3 is 5.32 Å². The van der Waals surface area contributed by atoms with Crippen LogP contribution in [-0.2, 0) is 9.59 Å². The summed E-state index contributed by atoms with van der Waals surface area (Å²) in [6, 6.07) is 26.9. The minimum Gasteiger partial charge on any atom is -0.322 e. The van der Waals surface area contributed by atoms with Crippen molar-refractivity contribution >= 4 is 35.0 Å². The predicted octanol–water partition coefficient (Wildman–Crippen LogP) is 5.06. The number of nitrogens with one attached hydrogen (secondary N) is 1. The van der Waals surface area contributed by atoms with Crippen molar-refractivity contribution in [3.63, 3.8) is 0 Å². The number of para-hydroxylation sites is 2. The molecule has 1 aliphatic heterocycles. The van der Waals surface area contributed by atoms with Crippen molar-refractivity contribution in [1.29, 1.82) is 0 Å². The number of amides is 2. The van der Waals surface area contributed by atoms with Crippen LogP contribution in [0.25, 0.3) is 22.5 Å². The van der Waals surface area contributed by atoms with Crippen LogP contribution in [0.1, 0.15) is 13.8 Å². The Balaban J connectivity index is 1.44. The molecule has 35 heavy (non-hydrogen) atoms. The monoisotopic (exact) mass is 481 g/mol. The Kier molecular flexibility index (Phi) is 6.05. The molecule has 0 fully saturated rings. The van der Waals surface area contributed by atoms with Gasteiger partial charge in [-0.15, -0.1) is 10.2 Å². The van der Waals surface area contributed by atoms with Gasteiger partial charge >= 0.3 is 0 Å². The first-order chi connectivity index (χ1) is 16.9. The lowest BCUT2D eigenvalue weighted by Gasteiger charge is -2.42. The molecule has 0 aliphatic carbocycles. The van der Waals surface area contributed by atoms with E-state index in [9.17, 15) is 9.59 Å². The highest BCUT2D eigenvalue weighted by Gasteiger charge is 2.43. The summed E-state index contributed by atoms with van der Waals surface area (Å²) >= 11 is 1.20. The molecule has 0 radical (unpaired) electrons. The average Bonchev–Trinajstić information content (AvgIpc) is 2.89. The van der Waals surface area contributed by atoms with Gasteiger partial charge in [-0.25, -0.2) is 4.98 Å². The fourth-order valence-corrected chi connectivity index (χ4v) is 4.69. The van der Waals surface area contributed by atoms with E-state index in [1.807, 2.05) is 78.9 Å². The fraction of sp³-hybridized carbons (Fsp3) is 0.148. The summed E-state index contributed by atoms with van der Waals surface area (Å²) in [6.45, 7) is 3.47. The Bertz CT molecular complexity index is 1390. The van der Waals surface area contributed by atoms with E-state index in [-0.39, 0.29) is 17.6 Å². The van der Waals surface area contributed by atoms with Gasteiger partial charge in [0.1, 0.15) is 16.9 Å². The number of benzene rings is 3. The zero-order valence-corrected chi connectivity index (χ0v) is 20.1. The summed E-state index contributed by atoms with van der Waals surface area (Å²) in [5.41, 5.74) is 3.46. The van der Waals surface area contributed by atoms with Crippen LogP contribution in [0, 0.1) is 0 Å². The number of hydrogen-bond acceptors (Lipinski definition) is 6. The van der Waals surface area contributed by atoms with E-state index in [1.165, 1.54) is 11.8 Å². The molecule has 1 aromatic heterocycles. The van der Waals surface area contributed by atoms with Gasteiger partial charge in [-0.3, -0.25) is 14.5 Å². The third kappa shape index (κ3) is 4.40. The molecule has 5 rings (SSSR count). The normalized spacial score (nSPS) is 14.2. The third-order valence-corrected chi connectivity index (χ3v) is 6.67. The predicted molar refractivity (Wildman–Crippen MR) is 138 cm³/mol. The van der Waals surface area contributed by atoms with Gasteiger partial charge in [0.05, 0.1) is 17.1 Å². The van der Waals surface area contributed by atoms with Crippen LogP contribution in [0.15, 0.2) is 90.1 Å². The zero-order valence-electron chi connectivity index (χ0n) is 19.3. The number of rotatable bonds is 5. The molecule has 7 nitrogen and oxygen atoms in total. The molecular weight excluding hydrogens is 458 g/mol. The highest BCUT2D eigenvalue weighted by Crippen LogP contribution is 2.37. The second kappa shape index (κ2) is 9.31. The van der Waals surface area contributed by atoms with Gasteiger partial charge in [-0.1, -0.05) is 84.6 Å². The maximum Gasteiger partial charge on any atom is 0.250 e. The molecule has 2 heterocycles. The lowest BCUT2D eigenvalue weighted by molar-refractivity contribution is -0.125. The van der Waals surface area contributed by atoms with Crippen LogP contribution in [0.2, 0.25) is 0 Å². The maximum absolute atomic E-state index is 13.4. The van der Waals surface area contributed by atoms with E-state index in [0.717, 1.165) is 11.1 Å². The Morgan fingerprint density at radius 2 is 1.46 bits per heavy atom. The van der Waals surface area contributed by atoms with Gasteiger partial charge in [0.25, 0.3) is 0 Å². The third-order valence-electron chi connectivity index (χ3n) is 5.84. The molecular formula is C27H23N5O2S. The number of carbonyl (C=O) groups is 2. The molecule has 2 amide bonds. The number of aromatic nitrogens is 3. The summed E-state index contributed by atoms with van der Waals surface area (Å²) in [5, 5.41) is 12.1. The fourth-order valence-electron chi connectivity index (χ4n) is 4.05. The first-order valence-electron chi connectivity index (χ1n) is 11.2. The van der Waals surface area contributed by atoms with Crippen LogP contribution in [0.3, 0.4) is 0 Å². The van der Waals surface area contributed by atoms with Gasteiger partial charge in [-0.05, 0) is 26.0 Å². The molecule has 0 saturated carbocycles. The van der Waals surface area contributed by atoms with Gasteiger partial charge in [-0.2, -0.15) is 0 Å². The standard InChI is InChI=1S/C27H23N5O2S/c1-27(2)25(34)28-20-15-9-10-16-21(20)32(27)22(33)17-35-26-29-23(18-11-5-3-6-12-18)24(30-31-26)19-13-7-4-8-14-19/h3-16H,17H2,1-2H3,(H,28,34). The van der Waals surface area contributed by atoms with Crippen molar-refractivity contribution < 1.29 is 9.59 Å². The molecule has 3 aromatic carbocycles. The molecule has 0 spiro atoms. The van der Waals surface area contributed by atoms with Gasteiger partial charge in [0, 0.05) is 11.1 Å². The molecule has 0 saturated heterocycles. The Labute approximate surface area is 207 Å². The van der Waals surface area contributed by atoms with E-state index >= 15 is 0 Å². The maximum atomic E-state index is 13.4. The average molecular weight is 482 g/mol. The van der Waals surface area contributed by atoms with Crippen molar-refractivity contribution in [2.75, 3.05) is 16.0 Å². The molecule has 4 aromatic rings. The first-order valence-corrected chi connectivity index (χ1v) is 12.2. The minimum absolute atomic E-state index is 0.0611. The number of thioether (sulfide) groups is 1. The van der Waals surface area contributed by atoms with Crippen molar-refractivity contribution in [3.8, 4) is 22.5 Å². The van der Waals surface area contributed by atoms with Crippen LogP contribution >= 0.6 is 11.8 Å². The van der Waals surface area contributed by atoms with E-state index < -0.39 is 5.54 Å². The second-order valence-electron chi connectivity index (χ2n) is 8.57. The number of fused-ring (bicyclic) bond motifs is 1. The zero-order chi connectivity index (χ0) is 24.4. The highest BCUT2D eigenvalue weighted by atomic mass is 32.2. The van der Waals surface area contributed by atoms with Crippen molar-refractivity contribution in [1.82, 2.24) is 15.2 Å². The van der Waals surface area contributed by atoms with E-state index in [1.54, 1.807) is 24.8 Å². The smallest absolute Gasteiger partial charge is 0.250 e. The molecule has 0 unspecified atom stereocenters. The van der Waals surface area contributed by atoms with Crippen LogP contribution in [-0.4, -0.2) is 38.3 Å². The molecule has 0 atom stereocenters. The van der Waals surface area contributed by atoms with E-state index in [0.29, 0.717) is 27.9 Å². The Morgan fingerprint density at radius 3 is 2.14 bits per heavy atom. The molecule has 1 aliphatic rings. The minimum atomic E-state index is -1.03. The van der Waals surface area contributed by atoms with Crippen LogP contribution in [0.4, 0.5) is 11.4 Å². The summed E-state index contributed by atoms with van der Waals surface area (Å²) in [6.07, 6.45) is 0. The van der Waals surface area contributed by atoms with Gasteiger partial charge in [0.15, 0.2) is 0 Å². The number of hydrogen-bond donors (Lipinski definition) is 1. The quantitative estimate of drug-likeness (QED) is 0.401. The molecule has 1 N–H and O–H groups in total. The summed E-state index contributed by atoms with van der Waals surface area (Å²) < 4.78 is 0. The van der Waals surface area contributed by atoms with E-state index in [4.69, 9.17) is 4.98 Å². The van der Waals surface area contributed by atoms with Crippen LogP contribution < -0.4 is 10.2 Å². The first kappa shape index (κ1) is 22.7. The SMILES string of the molecule is CC1(C)C(=O)Nc2ccccc2N1C(=O)CSc1nnc(-c2ccccc2)c(-c2ccccc2)n1. The Hall–Kier alpha value is -4.04. The Morgan fingerprint density at radius 1 is 0.857 bits per heavy atom. The lowest BCUT2D eigenvalue weighted by Crippen LogP contribution is -2.58. The number of nitrogens with zero attached hydrogens (tertiary/aromatic N) is 4. The molecule has 0 bridgehead atoms. The van der Waals surface area contributed by atoms with Gasteiger partial charge in [0.2, 0.25) is 17.0 Å². The molecule has 8 heteroatoms.